The van der Waals surface area contributed by atoms with Gasteiger partial charge in [-0.2, -0.15) is 0 Å². The van der Waals surface area contributed by atoms with Crippen LogP contribution in [-0.2, 0) is 65.4 Å². The molecule has 0 bridgehead atoms. The van der Waals surface area contributed by atoms with Gasteiger partial charge in [-0.1, -0.05) is 439 Å². The van der Waals surface area contributed by atoms with Crippen LogP contribution >= 0.6 is 15.6 Å². The van der Waals surface area contributed by atoms with Gasteiger partial charge >= 0.3 is 39.5 Å². The van der Waals surface area contributed by atoms with Gasteiger partial charge in [-0.25, -0.2) is 9.13 Å². The third kappa shape index (κ3) is 82.4. The van der Waals surface area contributed by atoms with Gasteiger partial charge in [0.05, 0.1) is 26.4 Å². The number of carbonyl (C=O) groups is 4. The number of hydrogen-bond donors (Lipinski definition) is 3. The highest BCUT2D eigenvalue weighted by atomic mass is 31.2. The van der Waals surface area contributed by atoms with Gasteiger partial charge in [0.25, 0.3) is 0 Å². The average Bonchev–Trinajstić information content (AvgIpc) is 0.899. The zero-order valence-electron chi connectivity index (χ0n) is 71.7. The molecule has 0 rings (SSSR count). The molecule has 648 valence electrons. The number of unbranched alkanes of at least 4 members (excludes halogenated alkanes) is 61. The Morgan fingerprint density at radius 2 is 0.440 bits per heavy atom. The molecule has 0 fully saturated rings. The third-order valence-electron chi connectivity index (χ3n) is 21.6. The lowest BCUT2D eigenvalue weighted by atomic mass is 9.99. The fourth-order valence-corrected chi connectivity index (χ4v) is 15.7. The first kappa shape index (κ1) is 107. The monoisotopic (exact) mass is 1590 g/mol. The number of carbonyl (C=O) groups excluding carboxylic acids is 4. The van der Waals surface area contributed by atoms with E-state index < -0.39 is 97.5 Å². The van der Waals surface area contributed by atoms with E-state index in [0.29, 0.717) is 25.7 Å². The van der Waals surface area contributed by atoms with Gasteiger partial charge in [-0.05, 0) is 31.6 Å². The van der Waals surface area contributed by atoms with Crippen molar-refractivity contribution in [2.24, 2.45) is 5.92 Å². The summed E-state index contributed by atoms with van der Waals surface area (Å²) in [5.74, 6) is -1.22. The van der Waals surface area contributed by atoms with E-state index in [1.807, 2.05) is 0 Å². The van der Waals surface area contributed by atoms with Gasteiger partial charge in [0.1, 0.15) is 19.3 Å². The second kappa shape index (κ2) is 82.6. The molecule has 0 aromatic carbocycles. The molecule has 0 heterocycles. The van der Waals surface area contributed by atoms with Crippen molar-refractivity contribution >= 4 is 39.5 Å². The summed E-state index contributed by atoms with van der Waals surface area (Å²) in [4.78, 5) is 73.3. The van der Waals surface area contributed by atoms with Crippen LogP contribution in [0.5, 0.6) is 0 Å². The first-order chi connectivity index (χ1) is 53.1. The number of esters is 4. The normalized spacial score (nSPS) is 13.9. The van der Waals surface area contributed by atoms with E-state index in [1.54, 1.807) is 0 Å². The molecule has 0 aliphatic rings. The smallest absolute Gasteiger partial charge is 0.462 e. The molecule has 0 spiro atoms. The Balaban J connectivity index is 5.21. The Kier molecular flexibility index (Phi) is 81.1. The van der Waals surface area contributed by atoms with E-state index in [0.717, 1.165) is 95.8 Å². The maximum absolute atomic E-state index is 13.2. The highest BCUT2D eigenvalue weighted by Gasteiger charge is 2.31. The van der Waals surface area contributed by atoms with Crippen molar-refractivity contribution in [2.45, 2.75) is 509 Å². The second-order valence-corrected chi connectivity index (χ2v) is 35.5. The number of phosphoric acid groups is 2. The first-order valence-electron chi connectivity index (χ1n) is 46.7. The van der Waals surface area contributed by atoms with Crippen LogP contribution in [-0.4, -0.2) is 96.7 Å². The summed E-state index contributed by atoms with van der Waals surface area (Å²) in [6.07, 6.45) is 77.8. The minimum atomic E-state index is -4.97. The van der Waals surface area contributed by atoms with Crippen LogP contribution in [0.4, 0.5) is 0 Å². The number of ether oxygens (including phenoxy) is 4. The van der Waals surface area contributed by atoms with Crippen LogP contribution in [0, 0.1) is 5.92 Å². The average molecular weight is 1590 g/mol. The summed E-state index contributed by atoms with van der Waals surface area (Å²) in [5, 5.41) is 10.7. The standard InChI is InChI=1S/C90H176O17P2/c1-6-10-13-16-19-22-25-27-29-30-31-32-33-34-38-41-45-49-54-59-64-69-74-88(93)101-80-86(107-90(95)76-71-66-61-56-51-46-42-39-36-35-37-40-43-48-52-57-62-67-72-83(5)9-4)82-105-109(98,99)103-78-84(91)77-102-108(96,97)104-81-85(79-100-87(92)73-68-63-58-53-47-24-21-18-15-12-8-3)106-89(94)75-70-65-60-55-50-44-28-26-23-20-17-14-11-7-2/h83-86,91H,6-82H2,1-5H3,(H,96,97)(H,98,99)/t83?,84-,85+,86+/m0/s1. The van der Waals surface area contributed by atoms with E-state index in [2.05, 4.69) is 34.6 Å². The van der Waals surface area contributed by atoms with Gasteiger partial charge in [0.15, 0.2) is 12.2 Å². The van der Waals surface area contributed by atoms with Crippen LogP contribution in [0.2, 0.25) is 0 Å². The molecule has 0 saturated heterocycles. The van der Waals surface area contributed by atoms with Crippen LogP contribution in [0.3, 0.4) is 0 Å². The Bertz CT molecular complexity index is 2070. The Hall–Kier alpha value is -1.94. The van der Waals surface area contributed by atoms with E-state index in [9.17, 15) is 43.2 Å². The predicted molar refractivity (Wildman–Crippen MR) is 451 cm³/mol. The van der Waals surface area contributed by atoms with Gasteiger partial charge in [0.2, 0.25) is 0 Å². The molecule has 0 amide bonds. The molecule has 19 heteroatoms. The van der Waals surface area contributed by atoms with E-state index in [1.165, 1.54) is 315 Å². The van der Waals surface area contributed by atoms with Gasteiger partial charge < -0.3 is 33.8 Å². The molecular weight excluding hydrogens is 1410 g/mol. The fourth-order valence-electron chi connectivity index (χ4n) is 14.1. The predicted octanol–water partition coefficient (Wildman–Crippen LogP) is 27.9. The van der Waals surface area contributed by atoms with Crippen molar-refractivity contribution in [1.29, 1.82) is 0 Å². The summed E-state index contributed by atoms with van der Waals surface area (Å²) in [6.45, 7) is 7.45. The molecule has 17 nitrogen and oxygen atoms in total. The first-order valence-corrected chi connectivity index (χ1v) is 49.7. The summed E-state index contributed by atoms with van der Waals surface area (Å²) in [5.41, 5.74) is 0. The Labute approximate surface area is 670 Å². The second-order valence-electron chi connectivity index (χ2n) is 32.6. The molecular formula is C90H176O17P2. The number of aliphatic hydroxyl groups excluding tert-OH is 1. The van der Waals surface area contributed by atoms with Gasteiger partial charge in [-0.15, -0.1) is 0 Å². The number of rotatable bonds is 90. The van der Waals surface area contributed by atoms with Crippen LogP contribution in [0.15, 0.2) is 0 Å². The van der Waals surface area contributed by atoms with E-state index >= 15 is 0 Å². The van der Waals surface area contributed by atoms with Crippen molar-refractivity contribution in [3.63, 3.8) is 0 Å². The molecule has 3 N–H and O–H groups in total. The zero-order valence-corrected chi connectivity index (χ0v) is 73.5. The van der Waals surface area contributed by atoms with Gasteiger partial charge in [0, 0.05) is 25.7 Å². The number of aliphatic hydroxyl groups is 1. The molecule has 109 heavy (non-hydrogen) atoms. The lowest BCUT2D eigenvalue weighted by Crippen LogP contribution is -2.30. The van der Waals surface area contributed by atoms with Crippen molar-refractivity contribution in [2.75, 3.05) is 39.6 Å². The summed E-state index contributed by atoms with van der Waals surface area (Å²) >= 11 is 0. The van der Waals surface area contributed by atoms with Crippen molar-refractivity contribution < 1.29 is 80.2 Å². The summed E-state index contributed by atoms with van der Waals surface area (Å²) in [6, 6.07) is 0. The highest BCUT2D eigenvalue weighted by molar-refractivity contribution is 7.47. The van der Waals surface area contributed by atoms with Crippen LogP contribution < -0.4 is 0 Å². The summed E-state index contributed by atoms with van der Waals surface area (Å²) in [7, 11) is -9.93. The van der Waals surface area contributed by atoms with Crippen molar-refractivity contribution in [1.82, 2.24) is 0 Å². The topological polar surface area (TPSA) is 237 Å². The lowest BCUT2D eigenvalue weighted by molar-refractivity contribution is -0.161. The van der Waals surface area contributed by atoms with Crippen LogP contribution in [0.1, 0.15) is 490 Å². The molecule has 0 radical (unpaired) electrons. The Morgan fingerprint density at radius 3 is 0.651 bits per heavy atom. The third-order valence-corrected chi connectivity index (χ3v) is 23.5. The minimum Gasteiger partial charge on any atom is -0.462 e. The molecule has 0 saturated carbocycles. The van der Waals surface area contributed by atoms with Crippen molar-refractivity contribution in [3.8, 4) is 0 Å². The summed E-state index contributed by atoms with van der Waals surface area (Å²) < 4.78 is 69.0. The highest BCUT2D eigenvalue weighted by Crippen LogP contribution is 2.45. The van der Waals surface area contributed by atoms with E-state index in [4.69, 9.17) is 37.0 Å². The number of phosphoric ester groups is 2. The molecule has 0 aliphatic carbocycles. The number of hydrogen-bond acceptors (Lipinski definition) is 15. The molecule has 0 aromatic heterocycles. The minimum absolute atomic E-state index is 0.109. The quantitative estimate of drug-likeness (QED) is 0.0222. The maximum atomic E-state index is 13.2. The SMILES string of the molecule is CCCCCCCCCCCCCCCCCCCCCCCCC(=O)OC[C@H](COP(=O)(O)OC[C@@H](O)COP(=O)(O)OC[C@@H](COC(=O)CCCCCCCCCCCCC)OC(=O)CCCCCCCCCCCCCCCC)OC(=O)CCCCCCCCCCCCCCCCCCCCC(C)CC. The Morgan fingerprint density at radius 1 is 0.257 bits per heavy atom. The van der Waals surface area contributed by atoms with E-state index in [-0.39, 0.29) is 25.7 Å². The molecule has 0 aliphatic heterocycles. The largest absolute Gasteiger partial charge is 0.472 e. The maximum Gasteiger partial charge on any atom is 0.472 e. The molecule has 3 unspecified atom stereocenters. The fraction of sp³-hybridized carbons (Fsp3) is 0.956. The molecule has 6 atom stereocenters. The zero-order chi connectivity index (χ0) is 79.7. The van der Waals surface area contributed by atoms with Crippen molar-refractivity contribution in [3.05, 3.63) is 0 Å². The lowest BCUT2D eigenvalue weighted by Gasteiger charge is -2.21. The van der Waals surface area contributed by atoms with Crippen LogP contribution in [0.25, 0.3) is 0 Å². The molecule has 0 aromatic rings. The van der Waals surface area contributed by atoms with Gasteiger partial charge in [-0.3, -0.25) is 37.3 Å².